The number of aromatic nitrogens is 1. The molecule has 0 aliphatic heterocycles. The number of benzene rings is 2. The lowest BCUT2D eigenvalue weighted by Gasteiger charge is -2.06. The Morgan fingerprint density at radius 1 is 1.29 bits per heavy atom. The van der Waals surface area contributed by atoms with E-state index in [-0.39, 0.29) is 10.6 Å². The summed E-state index contributed by atoms with van der Waals surface area (Å²) in [6, 6.07) is 12.4. The number of nitrogens with zero attached hydrogens (tertiary/aromatic N) is 1. The van der Waals surface area contributed by atoms with Gasteiger partial charge in [0.2, 0.25) is 0 Å². The Hall–Kier alpha value is -2.11. The van der Waals surface area contributed by atoms with E-state index in [0.717, 1.165) is 15.2 Å². The zero-order valence-corrected chi connectivity index (χ0v) is 12.3. The minimum absolute atomic E-state index is 0.0264. The highest BCUT2D eigenvalue weighted by molar-refractivity contribution is 7.18. The fraction of sp³-hybridized carbons (Fsp3) is 0.0667. The first-order valence-electron chi connectivity index (χ1n) is 6.13. The van der Waals surface area contributed by atoms with E-state index in [4.69, 9.17) is 21.4 Å². The van der Waals surface area contributed by atoms with E-state index in [1.165, 1.54) is 12.1 Å². The van der Waals surface area contributed by atoms with Gasteiger partial charge in [0, 0.05) is 0 Å². The van der Waals surface area contributed by atoms with Crippen LogP contribution in [-0.4, -0.2) is 16.1 Å². The molecule has 0 amide bonds. The molecule has 1 N–H and O–H groups in total. The normalized spacial score (nSPS) is 10.7. The van der Waals surface area contributed by atoms with E-state index in [2.05, 4.69) is 4.98 Å². The molecule has 1 heterocycles. The van der Waals surface area contributed by atoms with Gasteiger partial charge in [0.1, 0.15) is 17.4 Å². The topological polar surface area (TPSA) is 59.4 Å². The van der Waals surface area contributed by atoms with Crippen LogP contribution >= 0.6 is 22.9 Å². The Morgan fingerprint density at radius 3 is 2.86 bits per heavy atom. The van der Waals surface area contributed by atoms with Crippen molar-refractivity contribution in [3.63, 3.8) is 0 Å². The van der Waals surface area contributed by atoms with E-state index in [1.54, 1.807) is 17.4 Å². The Morgan fingerprint density at radius 2 is 2.10 bits per heavy atom. The van der Waals surface area contributed by atoms with Gasteiger partial charge in [0.15, 0.2) is 0 Å². The van der Waals surface area contributed by atoms with E-state index in [0.29, 0.717) is 12.4 Å². The molecule has 0 radical (unpaired) electrons. The van der Waals surface area contributed by atoms with Gasteiger partial charge in [-0.1, -0.05) is 23.7 Å². The third-order valence-corrected chi connectivity index (χ3v) is 4.21. The molecule has 0 aliphatic rings. The molecule has 21 heavy (non-hydrogen) atoms. The molecule has 106 valence electrons. The number of para-hydroxylation sites is 1. The van der Waals surface area contributed by atoms with Crippen LogP contribution in [0, 0.1) is 0 Å². The maximum Gasteiger partial charge on any atom is 0.337 e. The number of rotatable bonds is 4. The molecule has 2 aromatic carbocycles. The second kappa shape index (κ2) is 5.71. The van der Waals surface area contributed by atoms with Crippen molar-refractivity contribution in [3.05, 3.63) is 58.1 Å². The SMILES string of the molecule is O=C(O)c1cc(OCc2nc3ccccc3s2)ccc1Cl. The smallest absolute Gasteiger partial charge is 0.337 e. The molecule has 0 saturated carbocycles. The zero-order chi connectivity index (χ0) is 14.8. The minimum atomic E-state index is -1.08. The largest absolute Gasteiger partial charge is 0.486 e. The summed E-state index contributed by atoms with van der Waals surface area (Å²) in [7, 11) is 0. The summed E-state index contributed by atoms with van der Waals surface area (Å²) < 4.78 is 6.69. The summed E-state index contributed by atoms with van der Waals surface area (Å²) in [5, 5.41) is 10.0. The number of ether oxygens (including phenoxy) is 1. The quantitative estimate of drug-likeness (QED) is 0.782. The van der Waals surface area contributed by atoms with Gasteiger partial charge in [-0.05, 0) is 30.3 Å². The Balaban J connectivity index is 1.78. The monoisotopic (exact) mass is 319 g/mol. The summed E-state index contributed by atoms with van der Waals surface area (Å²) >= 11 is 7.37. The van der Waals surface area contributed by atoms with Gasteiger partial charge < -0.3 is 9.84 Å². The van der Waals surface area contributed by atoms with Crippen molar-refractivity contribution in [2.45, 2.75) is 6.61 Å². The van der Waals surface area contributed by atoms with Gasteiger partial charge in [0.25, 0.3) is 0 Å². The summed E-state index contributed by atoms with van der Waals surface area (Å²) in [5.41, 5.74) is 0.960. The van der Waals surface area contributed by atoms with Crippen molar-refractivity contribution in [2.24, 2.45) is 0 Å². The second-order valence-electron chi connectivity index (χ2n) is 4.31. The van der Waals surface area contributed by atoms with Gasteiger partial charge in [-0.3, -0.25) is 0 Å². The molecule has 4 nitrogen and oxygen atoms in total. The minimum Gasteiger partial charge on any atom is -0.486 e. The molecule has 1 aromatic heterocycles. The fourth-order valence-corrected chi connectivity index (χ4v) is 2.96. The van der Waals surface area contributed by atoms with Gasteiger partial charge in [-0.25, -0.2) is 9.78 Å². The van der Waals surface area contributed by atoms with Gasteiger partial charge in [-0.2, -0.15) is 0 Å². The van der Waals surface area contributed by atoms with Crippen molar-refractivity contribution in [1.29, 1.82) is 0 Å². The standard InChI is InChI=1S/C15H10ClNO3S/c16-11-6-5-9(7-10(11)15(18)19)20-8-14-17-12-3-1-2-4-13(12)21-14/h1-7H,8H2,(H,18,19). The molecule has 0 bridgehead atoms. The van der Waals surface area contributed by atoms with E-state index in [9.17, 15) is 4.79 Å². The highest BCUT2D eigenvalue weighted by Gasteiger charge is 2.10. The molecule has 0 aliphatic carbocycles. The summed E-state index contributed by atoms with van der Waals surface area (Å²) in [5.74, 6) is -0.624. The molecule has 3 aromatic rings. The van der Waals surface area contributed by atoms with E-state index < -0.39 is 5.97 Å². The Bertz CT molecular complexity index is 783. The maximum absolute atomic E-state index is 11.0. The fourth-order valence-electron chi connectivity index (χ4n) is 1.88. The number of carbonyl (C=O) groups is 1. The average molecular weight is 320 g/mol. The predicted octanol–water partition coefficient (Wildman–Crippen LogP) is 4.23. The highest BCUT2D eigenvalue weighted by atomic mass is 35.5. The van der Waals surface area contributed by atoms with Crippen molar-refractivity contribution < 1.29 is 14.6 Å². The lowest BCUT2D eigenvalue weighted by atomic mass is 10.2. The Kier molecular flexibility index (Phi) is 3.77. The summed E-state index contributed by atoms with van der Waals surface area (Å²) in [6.45, 7) is 0.292. The number of carboxylic acid groups (broad SMARTS) is 1. The maximum atomic E-state index is 11.0. The zero-order valence-electron chi connectivity index (χ0n) is 10.7. The van der Waals surface area contributed by atoms with Crippen molar-refractivity contribution in [1.82, 2.24) is 4.98 Å². The molecule has 0 unspecified atom stereocenters. The van der Waals surface area contributed by atoms with Gasteiger partial charge in [-0.15, -0.1) is 11.3 Å². The molecule has 0 spiro atoms. The first-order valence-corrected chi connectivity index (χ1v) is 7.33. The molecule has 3 rings (SSSR count). The van der Waals surface area contributed by atoms with Crippen LogP contribution in [0.4, 0.5) is 0 Å². The van der Waals surface area contributed by atoms with Crippen LogP contribution in [-0.2, 0) is 6.61 Å². The van der Waals surface area contributed by atoms with Crippen LogP contribution in [0.3, 0.4) is 0 Å². The number of carboxylic acids is 1. The summed E-state index contributed by atoms with van der Waals surface area (Å²) in [4.78, 5) is 15.5. The van der Waals surface area contributed by atoms with Crippen LogP contribution in [0.1, 0.15) is 15.4 Å². The van der Waals surface area contributed by atoms with Crippen molar-refractivity contribution >= 4 is 39.1 Å². The average Bonchev–Trinajstić information content (AvgIpc) is 2.89. The predicted molar refractivity (Wildman–Crippen MR) is 82.4 cm³/mol. The number of aromatic carboxylic acids is 1. The van der Waals surface area contributed by atoms with Crippen LogP contribution < -0.4 is 4.74 Å². The lowest BCUT2D eigenvalue weighted by Crippen LogP contribution is -2.00. The molecule has 0 atom stereocenters. The Labute approximate surface area is 129 Å². The first kappa shape index (κ1) is 13.9. The van der Waals surface area contributed by atoms with Crippen LogP contribution in [0.2, 0.25) is 5.02 Å². The molecule has 6 heteroatoms. The van der Waals surface area contributed by atoms with Crippen LogP contribution in [0.5, 0.6) is 5.75 Å². The summed E-state index contributed by atoms with van der Waals surface area (Å²) in [6.07, 6.45) is 0. The second-order valence-corrected chi connectivity index (χ2v) is 5.83. The third kappa shape index (κ3) is 2.99. The van der Waals surface area contributed by atoms with E-state index in [1.807, 2.05) is 24.3 Å². The van der Waals surface area contributed by atoms with Crippen molar-refractivity contribution in [2.75, 3.05) is 0 Å². The molecule has 0 fully saturated rings. The molecular weight excluding hydrogens is 310 g/mol. The number of halogens is 1. The van der Waals surface area contributed by atoms with Crippen LogP contribution in [0.25, 0.3) is 10.2 Å². The first-order chi connectivity index (χ1) is 10.1. The molecule has 0 saturated heterocycles. The number of hydrogen-bond acceptors (Lipinski definition) is 4. The number of hydrogen-bond donors (Lipinski definition) is 1. The number of thiazole rings is 1. The highest BCUT2D eigenvalue weighted by Crippen LogP contribution is 2.25. The van der Waals surface area contributed by atoms with Crippen molar-refractivity contribution in [3.8, 4) is 5.75 Å². The van der Waals surface area contributed by atoms with Gasteiger partial charge in [0.05, 0.1) is 20.8 Å². The van der Waals surface area contributed by atoms with E-state index >= 15 is 0 Å². The number of fused-ring (bicyclic) bond motifs is 1. The van der Waals surface area contributed by atoms with Crippen LogP contribution in [0.15, 0.2) is 42.5 Å². The third-order valence-electron chi connectivity index (χ3n) is 2.87. The lowest BCUT2D eigenvalue weighted by molar-refractivity contribution is 0.0696. The molecular formula is C15H10ClNO3S. The van der Waals surface area contributed by atoms with Gasteiger partial charge >= 0.3 is 5.97 Å².